The van der Waals surface area contributed by atoms with Crippen molar-refractivity contribution < 1.29 is 42.2 Å². The third-order valence-corrected chi connectivity index (χ3v) is 7.59. The van der Waals surface area contributed by atoms with Crippen LogP contribution < -0.4 is 0 Å². The van der Waals surface area contributed by atoms with E-state index in [-0.39, 0.29) is 6.10 Å². The number of carbonyl (C=O) groups is 1. The van der Waals surface area contributed by atoms with Gasteiger partial charge in [0.05, 0.1) is 6.61 Å². The Morgan fingerprint density at radius 2 is 1.72 bits per heavy atom. The Balaban J connectivity index is 1.68. The van der Waals surface area contributed by atoms with Crippen molar-refractivity contribution in [2.24, 2.45) is 0 Å². The molecule has 12 heteroatoms. The summed E-state index contributed by atoms with van der Waals surface area (Å²) >= 11 is 0. The molecule has 0 aliphatic carbocycles. The van der Waals surface area contributed by atoms with Crippen LogP contribution in [-0.2, 0) is 27.5 Å². The predicted octanol–water partition coefficient (Wildman–Crippen LogP) is 2.16. The van der Waals surface area contributed by atoms with Gasteiger partial charge < -0.3 is 24.3 Å². The number of carbonyl (C=O) groups excluding carboxylic acids is 1. The van der Waals surface area contributed by atoms with Crippen molar-refractivity contribution in [1.82, 2.24) is 4.90 Å². The number of hydrogen-bond donors (Lipinski definition) is 3. The molecule has 2 aliphatic heterocycles. The van der Waals surface area contributed by atoms with E-state index in [1.54, 1.807) is 30.3 Å². The van der Waals surface area contributed by atoms with Crippen molar-refractivity contribution >= 4 is 21.6 Å². The van der Waals surface area contributed by atoms with E-state index >= 15 is 0 Å². The Morgan fingerprint density at radius 1 is 1.14 bits per heavy atom. The first-order chi connectivity index (χ1) is 13.5. The van der Waals surface area contributed by atoms with E-state index in [9.17, 15) is 18.8 Å². The lowest BCUT2D eigenvalue weighted by Gasteiger charge is -2.36. The summed E-state index contributed by atoms with van der Waals surface area (Å²) in [6.07, 6.45) is 3.32. The molecule has 1 aromatic rings. The van der Waals surface area contributed by atoms with E-state index in [0.717, 1.165) is 25.7 Å². The van der Waals surface area contributed by atoms with Crippen LogP contribution in [0.15, 0.2) is 30.3 Å². The molecule has 29 heavy (non-hydrogen) atoms. The highest BCUT2D eigenvalue weighted by molar-refractivity contribution is 7.60. The number of nitrogens with zero attached hydrogens (tertiary/aromatic N) is 1. The molecule has 0 saturated carbocycles. The molecule has 2 unspecified atom stereocenters. The third kappa shape index (κ3) is 6.20. The maximum atomic E-state index is 12.8. The minimum absolute atomic E-state index is 0.255. The first-order valence-electron chi connectivity index (χ1n) is 9.25. The summed E-state index contributed by atoms with van der Waals surface area (Å²) in [4.78, 5) is 42.1. The quantitative estimate of drug-likeness (QED) is 0.399. The Hall–Kier alpha value is -1.09. The molecule has 162 valence electrons. The van der Waals surface area contributed by atoms with Crippen molar-refractivity contribution in [1.29, 1.82) is 0 Å². The fraction of sp³-hybridized carbons (Fsp3) is 0.588. The van der Waals surface area contributed by atoms with Gasteiger partial charge in [0.1, 0.15) is 12.0 Å². The van der Waals surface area contributed by atoms with Gasteiger partial charge in [0.25, 0.3) is 0 Å². The average molecular weight is 449 g/mol. The molecule has 0 aromatic heterocycles. The second-order valence-corrected chi connectivity index (χ2v) is 10.2. The molecular weight excluding hydrogens is 424 g/mol. The number of ether oxygens (including phenoxy) is 1. The number of benzene rings is 1. The van der Waals surface area contributed by atoms with Crippen LogP contribution >= 0.6 is 15.6 Å². The highest BCUT2D eigenvalue weighted by Gasteiger charge is 2.41. The fourth-order valence-electron chi connectivity index (χ4n) is 4.02. The van der Waals surface area contributed by atoms with Crippen molar-refractivity contribution in [3.05, 3.63) is 35.9 Å². The number of fused-ring (bicyclic) bond motifs is 2. The Kier molecular flexibility index (Phi) is 6.98. The second kappa shape index (κ2) is 8.96. The highest BCUT2D eigenvalue weighted by atomic mass is 31.3. The molecule has 0 amide bonds. The molecule has 5 atom stereocenters. The summed E-state index contributed by atoms with van der Waals surface area (Å²) in [6, 6.07) is 9.14. The first kappa shape index (κ1) is 22.6. The van der Waals surface area contributed by atoms with Crippen molar-refractivity contribution in [3.63, 3.8) is 0 Å². The smallest absolute Gasteiger partial charge is 0.462 e. The number of phosphoric ester groups is 1. The molecule has 2 saturated heterocycles. The maximum absolute atomic E-state index is 12.8. The van der Waals surface area contributed by atoms with Gasteiger partial charge in [-0.1, -0.05) is 30.3 Å². The number of hydrogen-bond acceptors (Lipinski definition) is 7. The summed E-state index contributed by atoms with van der Waals surface area (Å²) in [5, 5.41) is 0. The zero-order chi connectivity index (χ0) is 21.2. The zero-order valence-electron chi connectivity index (χ0n) is 15.9. The van der Waals surface area contributed by atoms with Gasteiger partial charge in [-0.3, -0.25) is 9.32 Å². The van der Waals surface area contributed by atoms with Gasteiger partial charge in [0, 0.05) is 12.1 Å². The highest BCUT2D eigenvalue weighted by Crippen LogP contribution is 2.57. The average Bonchev–Trinajstić information content (AvgIpc) is 2.82. The van der Waals surface area contributed by atoms with Gasteiger partial charge in [-0.15, -0.1) is 0 Å². The van der Waals surface area contributed by atoms with E-state index < -0.39 is 34.1 Å². The largest absolute Gasteiger partial charge is 0.481 e. The van der Waals surface area contributed by atoms with Crippen LogP contribution in [0.2, 0.25) is 0 Å². The lowest BCUT2D eigenvalue weighted by molar-refractivity contribution is -0.155. The minimum Gasteiger partial charge on any atom is -0.462 e. The van der Waals surface area contributed by atoms with Crippen molar-refractivity contribution in [3.8, 4) is 0 Å². The molecular formula is C17H25NO9P2. The van der Waals surface area contributed by atoms with E-state index in [1.807, 2.05) is 0 Å². The second-order valence-electron chi connectivity index (χ2n) is 7.38. The van der Waals surface area contributed by atoms with E-state index in [2.05, 4.69) is 16.3 Å². The monoisotopic (exact) mass is 449 g/mol. The standard InChI is InChI=1S/C17H25NO9P2/c1-18-13-7-8-14(18)10-15(9-13)26-17(19)16(12-5-3-2-4-6-12)11-25-29(23,24)27-28(20,21)22/h2-6,13-16H,7-11H2,1H3,(H,23,24)(H2,20,21,22)/t13-,14+,15+,16?. The molecule has 2 fully saturated rings. The van der Waals surface area contributed by atoms with Gasteiger partial charge >= 0.3 is 21.6 Å². The van der Waals surface area contributed by atoms with E-state index in [0.29, 0.717) is 17.6 Å². The summed E-state index contributed by atoms with van der Waals surface area (Å²) in [6.45, 7) is -0.629. The van der Waals surface area contributed by atoms with Crippen molar-refractivity contribution in [2.45, 2.75) is 49.8 Å². The summed E-state index contributed by atoms with van der Waals surface area (Å²) in [5.74, 6) is -1.67. The van der Waals surface area contributed by atoms with Crippen LogP contribution in [0.1, 0.15) is 37.2 Å². The summed E-state index contributed by atoms with van der Waals surface area (Å²) in [7, 11) is -8.24. The van der Waals surface area contributed by atoms with Gasteiger partial charge in [-0.25, -0.2) is 9.13 Å². The molecule has 3 rings (SSSR count). The van der Waals surface area contributed by atoms with Crippen LogP contribution in [-0.4, -0.2) is 57.4 Å². The lowest BCUT2D eigenvalue weighted by Crippen LogP contribution is -2.43. The van der Waals surface area contributed by atoms with Crippen LogP contribution in [0, 0.1) is 0 Å². The zero-order valence-corrected chi connectivity index (χ0v) is 17.7. The number of rotatable bonds is 8. The van der Waals surface area contributed by atoms with Crippen molar-refractivity contribution in [2.75, 3.05) is 13.7 Å². The molecule has 0 radical (unpaired) electrons. The van der Waals surface area contributed by atoms with Gasteiger partial charge in [0.15, 0.2) is 0 Å². The van der Waals surface area contributed by atoms with Crippen LogP contribution in [0.3, 0.4) is 0 Å². The fourth-order valence-corrected chi connectivity index (χ4v) is 5.62. The Bertz CT molecular complexity index is 800. The Labute approximate surface area is 168 Å². The van der Waals surface area contributed by atoms with E-state index in [4.69, 9.17) is 19.0 Å². The predicted molar refractivity (Wildman–Crippen MR) is 102 cm³/mol. The molecule has 0 spiro atoms. The van der Waals surface area contributed by atoms with E-state index in [1.165, 1.54) is 0 Å². The summed E-state index contributed by atoms with van der Waals surface area (Å²) < 4.78 is 36.8. The molecule has 2 aliphatic rings. The first-order valence-corrected chi connectivity index (χ1v) is 12.3. The number of phosphoric acid groups is 2. The third-order valence-electron chi connectivity index (χ3n) is 5.44. The maximum Gasteiger partial charge on any atom is 0.481 e. The normalized spacial score (nSPS) is 27.9. The minimum atomic E-state index is -5.24. The number of esters is 1. The summed E-state index contributed by atoms with van der Waals surface area (Å²) in [5.41, 5.74) is 0.490. The molecule has 3 N–H and O–H groups in total. The van der Waals surface area contributed by atoms with Gasteiger partial charge in [-0.05, 0) is 38.3 Å². The SMILES string of the molecule is CN1[C@@H]2CC[C@H]1C[C@@H](OC(=O)C(COP(=O)(O)OP(=O)(O)O)c1ccccc1)C2. The number of piperidine rings is 1. The molecule has 10 nitrogen and oxygen atoms in total. The van der Waals surface area contributed by atoms with Crippen LogP contribution in [0.5, 0.6) is 0 Å². The lowest BCUT2D eigenvalue weighted by atomic mass is 9.98. The molecule has 2 heterocycles. The van der Waals surface area contributed by atoms with Crippen LogP contribution in [0.25, 0.3) is 0 Å². The topological polar surface area (TPSA) is 143 Å². The van der Waals surface area contributed by atoms with Gasteiger partial charge in [0.2, 0.25) is 0 Å². The molecule has 1 aromatic carbocycles. The Morgan fingerprint density at radius 3 is 2.28 bits per heavy atom. The van der Waals surface area contributed by atoms with Crippen LogP contribution in [0.4, 0.5) is 0 Å². The molecule has 2 bridgehead atoms. The van der Waals surface area contributed by atoms with Gasteiger partial charge in [-0.2, -0.15) is 4.31 Å².